The highest BCUT2D eigenvalue weighted by Crippen LogP contribution is 2.49. The SMILES string of the molecule is CCC1=C(C)C(CC)(CC)Nc2c(C)c(C)c3c(c21)c(=O)oc1c(C)c(C)c(C)c(C)c13. The summed E-state index contributed by atoms with van der Waals surface area (Å²) in [5.41, 5.74) is 12.4. The molecule has 0 saturated carbocycles. The van der Waals surface area contributed by atoms with Gasteiger partial charge in [0.15, 0.2) is 0 Å². The van der Waals surface area contributed by atoms with Crippen LogP contribution in [0.2, 0.25) is 0 Å². The molecule has 0 spiro atoms. The van der Waals surface area contributed by atoms with Crippen molar-refractivity contribution in [1.82, 2.24) is 0 Å². The van der Waals surface area contributed by atoms with Crippen LogP contribution in [0.25, 0.3) is 27.3 Å². The molecule has 0 bridgehead atoms. The number of fused-ring (bicyclic) bond motifs is 5. The monoisotopic (exact) mass is 431 g/mol. The van der Waals surface area contributed by atoms with E-state index in [4.69, 9.17) is 4.42 Å². The Kier molecular flexibility index (Phi) is 5.31. The summed E-state index contributed by atoms with van der Waals surface area (Å²) in [5.74, 6) is 0. The van der Waals surface area contributed by atoms with Crippen LogP contribution >= 0.6 is 0 Å². The highest BCUT2D eigenvalue weighted by molar-refractivity contribution is 6.15. The molecule has 3 heteroatoms. The molecule has 32 heavy (non-hydrogen) atoms. The summed E-state index contributed by atoms with van der Waals surface area (Å²) in [6, 6.07) is 0. The first-order valence-corrected chi connectivity index (χ1v) is 12.0. The van der Waals surface area contributed by atoms with E-state index in [1.807, 2.05) is 0 Å². The maximum absolute atomic E-state index is 13.6. The van der Waals surface area contributed by atoms with Crippen molar-refractivity contribution in [3.63, 3.8) is 0 Å². The van der Waals surface area contributed by atoms with Gasteiger partial charge in [0, 0.05) is 22.0 Å². The first kappa shape index (κ1) is 22.6. The summed E-state index contributed by atoms with van der Waals surface area (Å²) < 4.78 is 6.11. The fourth-order valence-corrected chi connectivity index (χ4v) is 6.03. The minimum absolute atomic E-state index is 0.0690. The molecular weight excluding hydrogens is 394 g/mol. The lowest BCUT2D eigenvalue weighted by atomic mass is 9.74. The minimum atomic E-state index is -0.223. The second-order valence-corrected chi connectivity index (χ2v) is 9.71. The van der Waals surface area contributed by atoms with Gasteiger partial charge >= 0.3 is 5.63 Å². The van der Waals surface area contributed by atoms with Gasteiger partial charge in [-0.25, -0.2) is 4.79 Å². The quantitative estimate of drug-likeness (QED) is 0.338. The predicted octanol–water partition coefficient (Wildman–Crippen LogP) is 7.96. The molecule has 1 N–H and O–H groups in total. The molecule has 4 rings (SSSR count). The van der Waals surface area contributed by atoms with Crippen molar-refractivity contribution < 1.29 is 4.42 Å². The summed E-state index contributed by atoms with van der Waals surface area (Å²) in [6.45, 7) is 21.8. The molecule has 1 aromatic heterocycles. The number of anilines is 1. The average molecular weight is 432 g/mol. The fourth-order valence-electron chi connectivity index (χ4n) is 6.03. The number of benzene rings is 2. The first-order chi connectivity index (χ1) is 15.1. The lowest BCUT2D eigenvalue weighted by Gasteiger charge is -2.43. The van der Waals surface area contributed by atoms with Gasteiger partial charge < -0.3 is 9.73 Å². The van der Waals surface area contributed by atoms with Gasteiger partial charge in [0.2, 0.25) is 0 Å². The summed E-state index contributed by atoms with van der Waals surface area (Å²) in [6.07, 6.45) is 2.91. The molecule has 2 aromatic carbocycles. The molecule has 3 nitrogen and oxygen atoms in total. The molecule has 0 saturated heterocycles. The standard InChI is InChI=1S/C29H37NO2/c1-11-21-20(10)29(12-2,13-3)30-26-18(8)17(7)22-23-16(6)14(4)15(5)19(9)27(23)32-28(31)25(22)24(21)26/h30H,11-13H2,1-10H3. The van der Waals surface area contributed by atoms with E-state index in [0.717, 1.165) is 57.8 Å². The first-order valence-electron chi connectivity index (χ1n) is 12.0. The number of aryl methyl sites for hydroxylation is 3. The van der Waals surface area contributed by atoms with Crippen molar-refractivity contribution in [3.05, 3.63) is 54.9 Å². The Morgan fingerprint density at radius 1 is 0.719 bits per heavy atom. The van der Waals surface area contributed by atoms with Gasteiger partial charge in [-0.3, -0.25) is 0 Å². The molecule has 0 atom stereocenters. The zero-order chi connectivity index (χ0) is 23.7. The summed E-state index contributed by atoms with van der Waals surface area (Å²) in [7, 11) is 0. The van der Waals surface area contributed by atoms with Crippen molar-refractivity contribution in [2.45, 2.75) is 94.0 Å². The Bertz CT molecular complexity index is 1380. The van der Waals surface area contributed by atoms with E-state index >= 15 is 0 Å². The van der Waals surface area contributed by atoms with E-state index in [1.165, 1.54) is 39.0 Å². The Hall–Kier alpha value is -2.55. The maximum atomic E-state index is 13.6. The van der Waals surface area contributed by atoms with E-state index in [9.17, 15) is 4.79 Å². The predicted molar refractivity (Wildman–Crippen MR) is 138 cm³/mol. The van der Waals surface area contributed by atoms with Crippen LogP contribution in [0.1, 0.15) is 85.9 Å². The second-order valence-electron chi connectivity index (χ2n) is 9.71. The van der Waals surface area contributed by atoms with Crippen LogP contribution in [-0.4, -0.2) is 5.54 Å². The van der Waals surface area contributed by atoms with Gasteiger partial charge in [-0.2, -0.15) is 0 Å². The molecule has 3 aromatic rings. The second kappa shape index (κ2) is 7.50. The van der Waals surface area contributed by atoms with Crippen LogP contribution < -0.4 is 10.9 Å². The van der Waals surface area contributed by atoms with Crippen LogP contribution in [-0.2, 0) is 0 Å². The average Bonchev–Trinajstić information content (AvgIpc) is 2.79. The Morgan fingerprint density at radius 3 is 1.84 bits per heavy atom. The molecule has 0 radical (unpaired) electrons. The molecule has 2 heterocycles. The van der Waals surface area contributed by atoms with Crippen molar-refractivity contribution in [1.29, 1.82) is 0 Å². The lowest BCUT2D eigenvalue weighted by molar-refractivity contribution is 0.501. The Balaban J connectivity index is 2.34. The van der Waals surface area contributed by atoms with Crippen LogP contribution in [0.4, 0.5) is 5.69 Å². The van der Waals surface area contributed by atoms with Gasteiger partial charge in [-0.05, 0) is 112 Å². The number of nitrogens with one attached hydrogen (secondary N) is 1. The van der Waals surface area contributed by atoms with Crippen molar-refractivity contribution in [3.8, 4) is 0 Å². The third-order valence-electron chi connectivity index (χ3n) is 8.74. The molecule has 170 valence electrons. The number of allylic oxidation sites excluding steroid dienone is 1. The third-order valence-corrected chi connectivity index (χ3v) is 8.74. The largest absolute Gasteiger partial charge is 0.422 e. The van der Waals surface area contributed by atoms with Crippen molar-refractivity contribution >= 4 is 33.0 Å². The fraction of sp³-hybridized carbons (Fsp3) is 0.483. The van der Waals surface area contributed by atoms with Crippen molar-refractivity contribution in [2.24, 2.45) is 0 Å². The molecule has 0 fully saturated rings. The van der Waals surface area contributed by atoms with Gasteiger partial charge in [0.05, 0.1) is 10.9 Å². The molecule has 0 unspecified atom stereocenters. The van der Waals surface area contributed by atoms with Crippen LogP contribution in [0.15, 0.2) is 14.8 Å². The van der Waals surface area contributed by atoms with E-state index in [1.54, 1.807) is 0 Å². The normalized spacial score (nSPS) is 15.4. The van der Waals surface area contributed by atoms with Crippen molar-refractivity contribution in [2.75, 3.05) is 5.32 Å². The summed E-state index contributed by atoms with van der Waals surface area (Å²) in [4.78, 5) is 13.6. The van der Waals surface area contributed by atoms with Gasteiger partial charge in [0.1, 0.15) is 5.58 Å². The highest BCUT2D eigenvalue weighted by atomic mass is 16.4. The lowest BCUT2D eigenvalue weighted by Crippen LogP contribution is -2.42. The van der Waals surface area contributed by atoms with E-state index in [-0.39, 0.29) is 11.2 Å². The van der Waals surface area contributed by atoms with Gasteiger partial charge in [0.25, 0.3) is 0 Å². The molecule has 1 aliphatic heterocycles. The summed E-state index contributed by atoms with van der Waals surface area (Å²) in [5, 5.41) is 6.81. The van der Waals surface area contributed by atoms with Crippen LogP contribution in [0.3, 0.4) is 0 Å². The smallest absolute Gasteiger partial charge is 0.344 e. The topological polar surface area (TPSA) is 42.2 Å². The number of rotatable bonds is 3. The Labute approximate surface area is 191 Å². The van der Waals surface area contributed by atoms with E-state index < -0.39 is 0 Å². The molecule has 0 amide bonds. The van der Waals surface area contributed by atoms with E-state index in [2.05, 4.69) is 74.6 Å². The van der Waals surface area contributed by atoms with E-state index in [0.29, 0.717) is 0 Å². The molecular formula is C29H37NO2. The zero-order valence-electron chi connectivity index (χ0n) is 21.4. The highest BCUT2D eigenvalue weighted by Gasteiger charge is 2.37. The summed E-state index contributed by atoms with van der Waals surface area (Å²) >= 11 is 0. The minimum Gasteiger partial charge on any atom is -0.422 e. The number of hydrogen-bond acceptors (Lipinski definition) is 3. The van der Waals surface area contributed by atoms with Gasteiger partial charge in [-0.1, -0.05) is 20.8 Å². The Morgan fingerprint density at radius 2 is 1.28 bits per heavy atom. The van der Waals surface area contributed by atoms with Crippen LogP contribution in [0.5, 0.6) is 0 Å². The third kappa shape index (κ3) is 2.69. The van der Waals surface area contributed by atoms with Gasteiger partial charge in [-0.15, -0.1) is 0 Å². The maximum Gasteiger partial charge on any atom is 0.344 e. The molecule has 0 aliphatic carbocycles. The zero-order valence-corrected chi connectivity index (χ0v) is 21.4. The van der Waals surface area contributed by atoms with Crippen LogP contribution in [0, 0.1) is 41.5 Å². The molecule has 1 aliphatic rings. The number of hydrogen-bond donors (Lipinski definition) is 1.